The molecule has 158 valence electrons. The lowest BCUT2D eigenvalue weighted by molar-refractivity contribution is -0.184. The second kappa shape index (κ2) is 8.99. The van der Waals surface area contributed by atoms with E-state index in [1.165, 1.54) is 19.3 Å². The number of anilines is 1. The van der Waals surface area contributed by atoms with Gasteiger partial charge in [-0.25, -0.2) is 4.98 Å². The summed E-state index contributed by atoms with van der Waals surface area (Å²) in [7, 11) is 0. The zero-order valence-corrected chi connectivity index (χ0v) is 16.7. The number of carbonyl (C=O) groups is 1. The largest absolute Gasteiger partial charge is 0.411 e. The topological polar surface area (TPSA) is 76.1 Å². The zero-order valence-electron chi connectivity index (χ0n) is 15.1. The van der Waals surface area contributed by atoms with Crippen molar-refractivity contribution in [2.75, 3.05) is 12.0 Å². The number of aryl methyl sites for hydroxylation is 1. The fourth-order valence-corrected chi connectivity index (χ4v) is 2.37. The fraction of sp³-hybridized carbons (Fsp3) is 0.353. The van der Waals surface area contributed by atoms with Gasteiger partial charge < -0.3 is 4.74 Å². The molecule has 1 atom stereocenters. The van der Waals surface area contributed by atoms with Crippen LogP contribution in [0.15, 0.2) is 30.6 Å². The smallest absolute Gasteiger partial charge is 0.364 e. The maximum atomic E-state index is 12.7. The minimum absolute atomic E-state index is 0.0299. The molecule has 1 amide bonds. The number of hydrazine groups is 1. The highest BCUT2D eigenvalue weighted by molar-refractivity contribution is 9.10. The number of hydrogen-bond acceptors (Lipinski definition) is 5. The average molecular weight is 483 g/mol. The highest BCUT2D eigenvalue weighted by Gasteiger charge is 2.35. The van der Waals surface area contributed by atoms with Crippen molar-refractivity contribution in [2.24, 2.45) is 0 Å². The molecule has 0 aliphatic heterocycles. The Morgan fingerprint density at radius 1 is 1.21 bits per heavy atom. The molecule has 6 nitrogen and oxygen atoms in total. The van der Waals surface area contributed by atoms with Gasteiger partial charge in [-0.15, -0.1) is 0 Å². The number of carbonyl (C=O) groups excluding carboxylic acids is 1. The molecular weight excluding hydrogens is 467 g/mol. The molecule has 0 spiro atoms. The summed E-state index contributed by atoms with van der Waals surface area (Å²) in [6, 6.07) is 4.97. The summed E-state index contributed by atoms with van der Waals surface area (Å²) >= 11 is 1.92. The van der Waals surface area contributed by atoms with Gasteiger partial charge >= 0.3 is 16.9 Å². The van der Waals surface area contributed by atoms with Gasteiger partial charge in [0.2, 0.25) is 0 Å². The number of benzene rings is 1. The molecule has 2 N–H and O–H groups in total. The molecule has 2 rings (SSSR count). The maximum absolute atomic E-state index is 12.7. The Kier molecular flexibility index (Phi) is 7.11. The molecule has 1 aromatic carbocycles. The second-order valence-corrected chi connectivity index (χ2v) is 7.00. The van der Waals surface area contributed by atoms with E-state index in [4.69, 9.17) is 4.74 Å². The Bertz CT molecular complexity index is 856. The summed E-state index contributed by atoms with van der Waals surface area (Å²) in [4.78, 5) is 15.4. The molecule has 29 heavy (non-hydrogen) atoms. The van der Waals surface area contributed by atoms with E-state index < -0.39 is 29.6 Å². The van der Waals surface area contributed by atoms with E-state index in [2.05, 4.69) is 15.4 Å². The summed E-state index contributed by atoms with van der Waals surface area (Å²) in [6.45, 7) is 1.93. The van der Waals surface area contributed by atoms with Gasteiger partial charge in [0.15, 0.2) is 5.82 Å². The Labute approximate surface area is 171 Å². The minimum atomic E-state index is -4.40. The number of nitrogens with zero attached hydrogens (tertiary/aromatic N) is 2. The third kappa shape index (κ3) is 6.89. The van der Waals surface area contributed by atoms with Crippen LogP contribution in [0, 0.1) is 6.92 Å². The Balaban J connectivity index is 2.06. The normalized spacial score (nSPS) is 13.1. The van der Waals surface area contributed by atoms with E-state index >= 15 is 0 Å². The predicted molar refractivity (Wildman–Crippen MR) is 98.3 cm³/mol. The first-order valence-electron chi connectivity index (χ1n) is 8.11. The van der Waals surface area contributed by atoms with Crippen molar-refractivity contribution in [3.05, 3.63) is 41.7 Å². The first-order valence-corrected chi connectivity index (χ1v) is 8.90. The number of aromatic nitrogens is 2. The lowest BCUT2D eigenvalue weighted by Gasteiger charge is -2.16. The molecular formula is C17H16BrF5N4O2. The third-order valence-electron chi connectivity index (χ3n) is 3.71. The van der Waals surface area contributed by atoms with Crippen LogP contribution in [-0.2, 0) is 9.53 Å². The van der Waals surface area contributed by atoms with Crippen molar-refractivity contribution < 1.29 is 31.5 Å². The van der Waals surface area contributed by atoms with E-state index in [1.807, 2.05) is 15.9 Å². The summed E-state index contributed by atoms with van der Waals surface area (Å²) in [5.74, 6) is -1.57. The van der Waals surface area contributed by atoms with Gasteiger partial charge in [-0.1, -0.05) is 18.2 Å². The standard InChI is InChI=1S/C17H16BrF5N4O2/c1-9-5-11(10(2)29-8-16(19,20)21)3-4-12(9)13-6-25-14(7-24-13)26-27-15(28)17(18,22)23/h3-7,10H,8H2,1-2H3,(H,25,26)(H,27,28). The van der Waals surface area contributed by atoms with E-state index in [-0.39, 0.29) is 5.82 Å². The maximum Gasteiger partial charge on any atom is 0.411 e. The van der Waals surface area contributed by atoms with Crippen LogP contribution in [0.5, 0.6) is 0 Å². The molecule has 0 saturated carbocycles. The van der Waals surface area contributed by atoms with Crippen molar-refractivity contribution >= 4 is 27.7 Å². The third-order valence-corrected chi connectivity index (χ3v) is 4.07. The van der Waals surface area contributed by atoms with Crippen molar-refractivity contribution in [3.8, 4) is 11.3 Å². The molecule has 12 heteroatoms. The Hall–Kier alpha value is -2.34. The molecule has 0 aliphatic rings. The second-order valence-electron chi connectivity index (χ2n) is 6.01. The number of nitrogens with one attached hydrogen (secondary N) is 2. The number of ether oxygens (including phenoxy) is 1. The molecule has 0 saturated heterocycles. The van der Waals surface area contributed by atoms with E-state index in [9.17, 15) is 26.7 Å². The van der Waals surface area contributed by atoms with Crippen LogP contribution in [0.1, 0.15) is 24.2 Å². The van der Waals surface area contributed by atoms with Crippen LogP contribution in [0.2, 0.25) is 0 Å². The van der Waals surface area contributed by atoms with Crippen molar-refractivity contribution in [1.29, 1.82) is 0 Å². The molecule has 1 aromatic heterocycles. The van der Waals surface area contributed by atoms with Crippen molar-refractivity contribution in [1.82, 2.24) is 15.4 Å². The molecule has 0 radical (unpaired) electrons. The summed E-state index contributed by atoms with van der Waals surface area (Å²) in [5.41, 5.74) is 6.39. The van der Waals surface area contributed by atoms with E-state index in [0.717, 1.165) is 5.56 Å². The van der Waals surface area contributed by atoms with Crippen LogP contribution >= 0.6 is 15.9 Å². The lowest BCUT2D eigenvalue weighted by Crippen LogP contribution is -2.39. The van der Waals surface area contributed by atoms with Gasteiger partial charge in [-0.05, 0) is 25.0 Å². The highest BCUT2D eigenvalue weighted by atomic mass is 79.9. The van der Waals surface area contributed by atoms with E-state index in [1.54, 1.807) is 30.5 Å². The van der Waals surface area contributed by atoms with Crippen LogP contribution < -0.4 is 10.9 Å². The van der Waals surface area contributed by atoms with Gasteiger partial charge in [-0.2, -0.15) is 22.0 Å². The van der Waals surface area contributed by atoms with Gasteiger partial charge in [0.1, 0.15) is 6.61 Å². The predicted octanol–water partition coefficient (Wildman–Crippen LogP) is 4.52. The van der Waals surface area contributed by atoms with Crippen LogP contribution in [-0.4, -0.2) is 33.5 Å². The average Bonchev–Trinajstić information content (AvgIpc) is 2.63. The van der Waals surface area contributed by atoms with Gasteiger partial charge in [0.05, 0.1) is 24.2 Å². The van der Waals surface area contributed by atoms with E-state index in [0.29, 0.717) is 16.8 Å². The van der Waals surface area contributed by atoms with Crippen LogP contribution in [0.3, 0.4) is 0 Å². The number of halogens is 6. The summed E-state index contributed by atoms with van der Waals surface area (Å²) < 4.78 is 67.1. The zero-order chi connectivity index (χ0) is 21.8. The summed E-state index contributed by atoms with van der Waals surface area (Å²) in [6.07, 6.45) is -2.58. The van der Waals surface area contributed by atoms with Crippen LogP contribution in [0.25, 0.3) is 11.3 Å². The first kappa shape index (κ1) is 22.9. The van der Waals surface area contributed by atoms with Gasteiger partial charge in [-0.3, -0.25) is 20.6 Å². The summed E-state index contributed by atoms with van der Waals surface area (Å²) in [5, 5.41) is 0. The molecule has 0 bridgehead atoms. The number of hydrogen-bond donors (Lipinski definition) is 2. The van der Waals surface area contributed by atoms with Crippen molar-refractivity contribution in [3.63, 3.8) is 0 Å². The lowest BCUT2D eigenvalue weighted by atomic mass is 10.0. The molecule has 1 heterocycles. The van der Waals surface area contributed by atoms with Gasteiger partial charge in [0.25, 0.3) is 0 Å². The molecule has 0 aliphatic carbocycles. The number of alkyl halides is 6. The number of rotatable bonds is 7. The van der Waals surface area contributed by atoms with Crippen molar-refractivity contribution in [2.45, 2.75) is 31.0 Å². The Morgan fingerprint density at radius 2 is 1.90 bits per heavy atom. The Morgan fingerprint density at radius 3 is 2.41 bits per heavy atom. The van der Waals surface area contributed by atoms with Crippen LogP contribution in [0.4, 0.5) is 27.8 Å². The quantitative estimate of drug-likeness (QED) is 0.344. The van der Waals surface area contributed by atoms with Gasteiger partial charge in [0, 0.05) is 21.5 Å². The fourth-order valence-electron chi connectivity index (χ4n) is 2.27. The number of amides is 1. The first-order chi connectivity index (χ1) is 13.4. The minimum Gasteiger partial charge on any atom is -0.364 e. The SMILES string of the molecule is Cc1cc(C(C)OCC(F)(F)F)ccc1-c1cnc(NNC(=O)C(F)(F)Br)cn1. The molecule has 0 fully saturated rings. The highest BCUT2D eigenvalue weighted by Crippen LogP contribution is 2.27. The molecule has 1 unspecified atom stereocenters. The monoisotopic (exact) mass is 482 g/mol. The molecule has 2 aromatic rings.